The number of benzene rings is 2. The van der Waals surface area contributed by atoms with Gasteiger partial charge in [-0.25, -0.2) is 0 Å². The molecule has 0 aliphatic heterocycles. The van der Waals surface area contributed by atoms with Crippen molar-refractivity contribution in [3.05, 3.63) is 46.5 Å². The van der Waals surface area contributed by atoms with Crippen molar-refractivity contribution in [2.45, 2.75) is 0 Å². The number of aromatic hydroxyl groups is 1. The van der Waals surface area contributed by atoms with Gasteiger partial charge in [-0.15, -0.1) is 0 Å². The predicted octanol–water partition coefficient (Wildman–Crippen LogP) is 1.77. The number of nitrogens with two attached hydrogens (primary N) is 1. The highest BCUT2D eigenvalue weighted by Crippen LogP contribution is 2.39. The first-order valence-electron chi connectivity index (χ1n) is 6.45. The number of hydrogen-bond acceptors (Lipinski definition) is 6. The molecule has 3 rings (SSSR count). The van der Waals surface area contributed by atoms with Gasteiger partial charge in [0, 0.05) is 28.9 Å². The fourth-order valence-corrected chi connectivity index (χ4v) is 2.62. The standard InChI is InChI=1S/C16H13NO5/c1-21-8-5-10-14(12(6-8)22-2)16(20)13-9(15(10)19)3-7(17)4-11(13)18/h3-6,18H,17H2,1-2H3. The number of fused-ring (bicyclic) bond motifs is 2. The number of hydrogen-bond donors (Lipinski definition) is 2. The molecule has 0 atom stereocenters. The third-order valence-corrected chi connectivity index (χ3v) is 3.61. The number of phenolic OH excluding ortho intramolecular Hbond substituents is 1. The summed E-state index contributed by atoms with van der Waals surface area (Å²) >= 11 is 0. The van der Waals surface area contributed by atoms with Crippen molar-refractivity contribution in [1.29, 1.82) is 0 Å². The summed E-state index contributed by atoms with van der Waals surface area (Å²) in [5.74, 6) is -0.606. The number of nitrogen functional groups attached to an aromatic ring is 1. The van der Waals surface area contributed by atoms with Crippen LogP contribution < -0.4 is 15.2 Å². The lowest BCUT2D eigenvalue weighted by atomic mass is 9.82. The molecule has 112 valence electrons. The molecular formula is C16H13NO5. The van der Waals surface area contributed by atoms with Crippen molar-refractivity contribution in [2.24, 2.45) is 0 Å². The lowest BCUT2D eigenvalue weighted by Crippen LogP contribution is -2.22. The van der Waals surface area contributed by atoms with Gasteiger partial charge in [0.05, 0.1) is 25.3 Å². The van der Waals surface area contributed by atoms with Gasteiger partial charge in [-0.3, -0.25) is 9.59 Å². The maximum Gasteiger partial charge on any atom is 0.201 e. The van der Waals surface area contributed by atoms with E-state index >= 15 is 0 Å². The average Bonchev–Trinajstić information content (AvgIpc) is 2.50. The van der Waals surface area contributed by atoms with Gasteiger partial charge in [0.25, 0.3) is 0 Å². The molecule has 0 spiro atoms. The summed E-state index contributed by atoms with van der Waals surface area (Å²) < 4.78 is 10.3. The Bertz CT molecular complexity index is 826. The largest absolute Gasteiger partial charge is 0.507 e. The van der Waals surface area contributed by atoms with E-state index in [-0.39, 0.29) is 39.4 Å². The summed E-state index contributed by atoms with van der Waals surface area (Å²) in [6.07, 6.45) is 0. The number of carbonyl (C=O) groups excluding carboxylic acids is 2. The van der Waals surface area contributed by atoms with E-state index < -0.39 is 11.6 Å². The zero-order chi connectivity index (χ0) is 16.0. The lowest BCUT2D eigenvalue weighted by Gasteiger charge is -2.21. The summed E-state index contributed by atoms with van der Waals surface area (Å²) in [4.78, 5) is 25.4. The van der Waals surface area contributed by atoms with E-state index in [2.05, 4.69) is 0 Å². The molecule has 6 heteroatoms. The monoisotopic (exact) mass is 299 g/mol. The van der Waals surface area contributed by atoms with Crippen LogP contribution in [-0.4, -0.2) is 30.9 Å². The second kappa shape index (κ2) is 4.77. The Morgan fingerprint density at radius 2 is 1.59 bits per heavy atom. The van der Waals surface area contributed by atoms with E-state index in [0.717, 1.165) is 0 Å². The second-order valence-corrected chi connectivity index (χ2v) is 4.87. The van der Waals surface area contributed by atoms with Gasteiger partial charge in [-0.05, 0) is 12.1 Å². The van der Waals surface area contributed by atoms with Crippen LogP contribution in [0.25, 0.3) is 0 Å². The smallest absolute Gasteiger partial charge is 0.201 e. The van der Waals surface area contributed by atoms with Gasteiger partial charge in [0.1, 0.15) is 17.2 Å². The van der Waals surface area contributed by atoms with Gasteiger partial charge in [-0.2, -0.15) is 0 Å². The van der Waals surface area contributed by atoms with Crippen molar-refractivity contribution < 1.29 is 24.2 Å². The molecule has 2 aromatic carbocycles. The Kier molecular flexibility index (Phi) is 3.02. The highest BCUT2D eigenvalue weighted by atomic mass is 16.5. The molecule has 0 heterocycles. The molecule has 0 saturated heterocycles. The van der Waals surface area contributed by atoms with Crippen molar-refractivity contribution in [1.82, 2.24) is 0 Å². The molecule has 0 saturated carbocycles. The minimum Gasteiger partial charge on any atom is -0.507 e. The van der Waals surface area contributed by atoms with Crippen LogP contribution in [-0.2, 0) is 0 Å². The summed E-state index contributed by atoms with van der Waals surface area (Å²) in [6, 6.07) is 5.61. The zero-order valence-corrected chi connectivity index (χ0v) is 12.0. The Balaban J connectivity index is 2.36. The molecule has 0 aromatic heterocycles. The minimum atomic E-state index is -0.485. The average molecular weight is 299 g/mol. The molecule has 0 bridgehead atoms. The van der Waals surface area contributed by atoms with E-state index in [9.17, 15) is 14.7 Å². The van der Waals surface area contributed by atoms with Gasteiger partial charge in [0.2, 0.25) is 5.78 Å². The molecular weight excluding hydrogens is 286 g/mol. The van der Waals surface area contributed by atoms with Crippen LogP contribution in [0.2, 0.25) is 0 Å². The summed E-state index contributed by atoms with van der Waals surface area (Å²) in [5, 5.41) is 10.00. The fourth-order valence-electron chi connectivity index (χ4n) is 2.62. The number of ether oxygens (including phenoxy) is 2. The highest BCUT2D eigenvalue weighted by molar-refractivity contribution is 6.30. The first-order valence-corrected chi connectivity index (χ1v) is 6.45. The quantitative estimate of drug-likeness (QED) is 0.700. The van der Waals surface area contributed by atoms with Crippen molar-refractivity contribution in [2.75, 3.05) is 20.0 Å². The van der Waals surface area contributed by atoms with Gasteiger partial charge >= 0.3 is 0 Å². The Labute approximate surface area is 126 Å². The fraction of sp³-hybridized carbons (Fsp3) is 0.125. The number of methoxy groups -OCH3 is 2. The van der Waals surface area contributed by atoms with E-state index in [0.29, 0.717) is 5.75 Å². The second-order valence-electron chi connectivity index (χ2n) is 4.87. The number of phenols is 1. The van der Waals surface area contributed by atoms with Crippen LogP contribution in [0.3, 0.4) is 0 Å². The maximum absolute atomic E-state index is 12.7. The highest BCUT2D eigenvalue weighted by Gasteiger charge is 2.35. The predicted molar refractivity (Wildman–Crippen MR) is 78.9 cm³/mol. The molecule has 1 aliphatic rings. The molecule has 2 aromatic rings. The van der Waals surface area contributed by atoms with Gasteiger partial charge < -0.3 is 20.3 Å². The van der Waals surface area contributed by atoms with Gasteiger partial charge in [0.15, 0.2) is 5.78 Å². The Morgan fingerprint density at radius 1 is 0.909 bits per heavy atom. The molecule has 0 radical (unpaired) electrons. The topological polar surface area (TPSA) is 98.8 Å². The zero-order valence-electron chi connectivity index (χ0n) is 12.0. The molecule has 22 heavy (non-hydrogen) atoms. The lowest BCUT2D eigenvalue weighted by molar-refractivity contribution is 0.0974. The third-order valence-electron chi connectivity index (χ3n) is 3.61. The number of ketones is 2. The molecule has 0 unspecified atom stereocenters. The molecule has 0 fully saturated rings. The summed E-state index contributed by atoms with van der Waals surface area (Å²) in [6.45, 7) is 0. The minimum absolute atomic E-state index is 0.0600. The number of rotatable bonds is 2. The molecule has 1 aliphatic carbocycles. The summed E-state index contributed by atoms with van der Waals surface area (Å²) in [7, 11) is 2.85. The van der Waals surface area contributed by atoms with Crippen molar-refractivity contribution in [3.63, 3.8) is 0 Å². The molecule has 6 nitrogen and oxygen atoms in total. The third kappa shape index (κ3) is 1.81. The number of anilines is 1. The van der Waals surface area contributed by atoms with E-state index in [1.807, 2.05) is 0 Å². The first-order chi connectivity index (χ1) is 10.5. The van der Waals surface area contributed by atoms with E-state index in [4.69, 9.17) is 15.2 Å². The number of carbonyl (C=O) groups is 2. The van der Waals surface area contributed by atoms with Crippen LogP contribution >= 0.6 is 0 Å². The van der Waals surface area contributed by atoms with Crippen LogP contribution in [0.15, 0.2) is 24.3 Å². The molecule has 0 amide bonds. The van der Waals surface area contributed by atoms with Crippen molar-refractivity contribution >= 4 is 17.3 Å². The Hall–Kier alpha value is -3.02. The van der Waals surface area contributed by atoms with Crippen LogP contribution in [0.4, 0.5) is 5.69 Å². The Morgan fingerprint density at radius 3 is 2.23 bits per heavy atom. The summed E-state index contributed by atoms with van der Waals surface area (Å²) in [5.41, 5.74) is 6.15. The SMILES string of the molecule is COc1cc(OC)c2c(c1)C(=O)c1cc(N)cc(O)c1C2=O. The van der Waals surface area contributed by atoms with Crippen LogP contribution in [0.5, 0.6) is 17.2 Å². The van der Waals surface area contributed by atoms with Crippen molar-refractivity contribution in [3.8, 4) is 17.2 Å². The molecule has 3 N–H and O–H groups in total. The first kappa shape index (κ1) is 13.9. The van der Waals surface area contributed by atoms with E-state index in [1.165, 1.54) is 38.5 Å². The normalized spacial score (nSPS) is 12.6. The van der Waals surface area contributed by atoms with Crippen LogP contribution in [0, 0.1) is 0 Å². The van der Waals surface area contributed by atoms with Gasteiger partial charge in [-0.1, -0.05) is 0 Å². The maximum atomic E-state index is 12.7. The van der Waals surface area contributed by atoms with E-state index in [1.54, 1.807) is 0 Å². The van der Waals surface area contributed by atoms with Crippen LogP contribution in [0.1, 0.15) is 31.8 Å².